The molecule has 2 fully saturated rings. The highest BCUT2D eigenvalue weighted by atomic mass is 19.4. The summed E-state index contributed by atoms with van der Waals surface area (Å²) in [6.07, 6.45) is -2.62. The Balaban J connectivity index is 1.41. The number of hydrogen-bond donors (Lipinski definition) is 2. The Hall–Kier alpha value is -2.84. The molecule has 31 heavy (non-hydrogen) atoms. The number of ether oxygens (including phenoxy) is 1. The topological polar surface area (TPSA) is 80.3 Å². The summed E-state index contributed by atoms with van der Waals surface area (Å²) >= 11 is 0. The summed E-state index contributed by atoms with van der Waals surface area (Å²) in [6, 6.07) is 6.07. The molecule has 4 rings (SSSR count). The first-order valence-electron chi connectivity index (χ1n) is 10.2. The zero-order valence-electron chi connectivity index (χ0n) is 17.5. The number of nitrogens with one attached hydrogen (secondary N) is 2. The van der Waals surface area contributed by atoms with Crippen molar-refractivity contribution >= 4 is 22.9 Å². The maximum absolute atomic E-state index is 12.9. The molecule has 1 heterocycles. The second-order valence-electron chi connectivity index (χ2n) is 9.31. The molecule has 2 aliphatic carbocycles. The lowest BCUT2D eigenvalue weighted by molar-refractivity contribution is -0.137. The van der Waals surface area contributed by atoms with Crippen LogP contribution in [-0.4, -0.2) is 34.2 Å². The van der Waals surface area contributed by atoms with Gasteiger partial charge in [0.05, 0.1) is 11.1 Å². The zero-order valence-corrected chi connectivity index (χ0v) is 17.5. The van der Waals surface area contributed by atoms with E-state index in [1.807, 2.05) is 0 Å². The molecule has 0 radical (unpaired) electrons. The summed E-state index contributed by atoms with van der Waals surface area (Å²) in [5, 5.41) is 6.20. The number of alkyl carbamates (subject to hydrolysis) is 1. The minimum absolute atomic E-state index is 0.0609. The molecule has 2 saturated carbocycles. The molecular formula is C22H24F3N3O3. The summed E-state index contributed by atoms with van der Waals surface area (Å²) < 4.78 is 43.9. The highest BCUT2D eigenvalue weighted by molar-refractivity contribution is 5.95. The summed E-state index contributed by atoms with van der Waals surface area (Å²) in [7, 11) is 0. The van der Waals surface area contributed by atoms with Gasteiger partial charge in [0.25, 0.3) is 5.91 Å². The minimum Gasteiger partial charge on any atom is -0.444 e. The average molecular weight is 435 g/mol. The third kappa shape index (κ3) is 4.18. The summed E-state index contributed by atoms with van der Waals surface area (Å²) in [5.74, 6) is -0.249. The SMILES string of the molecule is CC(C)(C)OC(=O)NC1CC2(NC(=O)c3ccc4cc(C(F)(F)F)ccc4n3)CCC12. The maximum atomic E-state index is 12.9. The first-order chi connectivity index (χ1) is 14.4. The van der Waals surface area contributed by atoms with Crippen LogP contribution in [0.1, 0.15) is 56.1 Å². The highest BCUT2D eigenvalue weighted by Gasteiger charge is 2.61. The number of carbonyl (C=O) groups is 2. The number of nitrogens with zero attached hydrogens (tertiary/aromatic N) is 1. The van der Waals surface area contributed by atoms with Gasteiger partial charge in [-0.2, -0.15) is 13.2 Å². The van der Waals surface area contributed by atoms with Gasteiger partial charge in [-0.3, -0.25) is 4.79 Å². The minimum atomic E-state index is -4.43. The number of halogens is 3. The van der Waals surface area contributed by atoms with Crippen LogP contribution in [0, 0.1) is 5.92 Å². The standard InChI is InChI=1S/C22H24F3N3O3/c1-20(2,3)31-19(30)27-17-11-21(9-8-14(17)21)28-18(29)16-6-4-12-10-13(22(23,24)25)5-7-15(12)26-16/h4-7,10,14,17H,8-9,11H2,1-3H3,(H,27,30)(H,28,29). The van der Waals surface area contributed by atoms with Gasteiger partial charge >= 0.3 is 12.3 Å². The van der Waals surface area contributed by atoms with E-state index in [4.69, 9.17) is 4.74 Å². The van der Waals surface area contributed by atoms with E-state index in [-0.39, 0.29) is 29.1 Å². The number of carbonyl (C=O) groups excluding carboxylic acids is 2. The van der Waals surface area contributed by atoms with Crippen molar-refractivity contribution in [1.82, 2.24) is 15.6 Å². The van der Waals surface area contributed by atoms with E-state index in [2.05, 4.69) is 15.6 Å². The van der Waals surface area contributed by atoms with Crippen molar-refractivity contribution in [3.05, 3.63) is 41.6 Å². The van der Waals surface area contributed by atoms with Crippen LogP contribution in [0.15, 0.2) is 30.3 Å². The molecule has 2 N–H and O–H groups in total. The van der Waals surface area contributed by atoms with E-state index in [0.29, 0.717) is 17.3 Å². The second kappa shape index (κ2) is 7.10. The van der Waals surface area contributed by atoms with Crippen molar-refractivity contribution in [2.24, 2.45) is 5.92 Å². The van der Waals surface area contributed by atoms with E-state index in [1.54, 1.807) is 20.8 Å². The smallest absolute Gasteiger partial charge is 0.416 e. The van der Waals surface area contributed by atoms with Crippen LogP contribution in [0.5, 0.6) is 0 Å². The van der Waals surface area contributed by atoms with Gasteiger partial charge in [0.2, 0.25) is 0 Å². The second-order valence-corrected chi connectivity index (χ2v) is 9.31. The molecular weight excluding hydrogens is 411 g/mol. The number of fused-ring (bicyclic) bond motifs is 2. The molecule has 0 aliphatic heterocycles. The Kier molecular flexibility index (Phi) is 4.90. The van der Waals surface area contributed by atoms with Crippen LogP contribution in [0.25, 0.3) is 10.9 Å². The molecule has 6 nitrogen and oxygen atoms in total. The fourth-order valence-electron chi connectivity index (χ4n) is 4.41. The van der Waals surface area contributed by atoms with Crippen LogP contribution < -0.4 is 10.6 Å². The number of hydrogen-bond acceptors (Lipinski definition) is 4. The third-order valence-electron chi connectivity index (χ3n) is 5.99. The molecule has 3 unspecified atom stereocenters. The van der Waals surface area contributed by atoms with Gasteiger partial charge in [-0.1, -0.05) is 6.07 Å². The lowest BCUT2D eigenvalue weighted by Gasteiger charge is -2.63. The van der Waals surface area contributed by atoms with Gasteiger partial charge in [-0.05, 0) is 64.3 Å². The Bertz CT molecular complexity index is 1050. The first-order valence-corrected chi connectivity index (χ1v) is 10.2. The molecule has 2 amide bonds. The van der Waals surface area contributed by atoms with Crippen LogP contribution in [0.2, 0.25) is 0 Å². The van der Waals surface area contributed by atoms with E-state index >= 15 is 0 Å². The molecule has 0 bridgehead atoms. The maximum Gasteiger partial charge on any atom is 0.416 e. The molecule has 2 aromatic rings. The molecule has 0 spiro atoms. The predicted octanol–water partition coefficient (Wildman–Crippen LogP) is 4.43. The van der Waals surface area contributed by atoms with Crippen LogP contribution in [0.4, 0.5) is 18.0 Å². The third-order valence-corrected chi connectivity index (χ3v) is 5.99. The molecule has 2 aliphatic rings. The largest absolute Gasteiger partial charge is 0.444 e. The monoisotopic (exact) mass is 435 g/mol. The van der Waals surface area contributed by atoms with Crippen molar-refractivity contribution < 1.29 is 27.5 Å². The number of benzene rings is 1. The van der Waals surface area contributed by atoms with Gasteiger partial charge in [0.15, 0.2) is 0 Å². The predicted molar refractivity (Wildman–Crippen MR) is 107 cm³/mol. The van der Waals surface area contributed by atoms with Crippen molar-refractivity contribution in [2.45, 2.75) is 63.4 Å². The fraction of sp³-hybridized carbons (Fsp3) is 0.500. The van der Waals surface area contributed by atoms with Crippen molar-refractivity contribution in [1.29, 1.82) is 0 Å². The first kappa shape index (κ1) is 21.4. The van der Waals surface area contributed by atoms with Crippen LogP contribution >= 0.6 is 0 Å². The van der Waals surface area contributed by atoms with Gasteiger partial charge in [-0.15, -0.1) is 0 Å². The van der Waals surface area contributed by atoms with E-state index in [1.165, 1.54) is 18.2 Å². The lowest BCUT2D eigenvalue weighted by Crippen LogP contribution is -2.75. The fourth-order valence-corrected chi connectivity index (χ4v) is 4.41. The van der Waals surface area contributed by atoms with Crippen molar-refractivity contribution in [3.63, 3.8) is 0 Å². The highest BCUT2D eigenvalue weighted by Crippen LogP contribution is 2.54. The lowest BCUT2D eigenvalue weighted by atomic mass is 9.50. The van der Waals surface area contributed by atoms with Gasteiger partial charge in [0.1, 0.15) is 11.3 Å². The van der Waals surface area contributed by atoms with Gasteiger partial charge in [-0.25, -0.2) is 9.78 Å². The summed E-state index contributed by atoms with van der Waals surface area (Å²) in [4.78, 5) is 29.0. The molecule has 0 saturated heterocycles. The Morgan fingerprint density at radius 2 is 1.90 bits per heavy atom. The van der Waals surface area contributed by atoms with Crippen LogP contribution in [0.3, 0.4) is 0 Å². The Labute approximate surface area is 177 Å². The number of aromatic nitrogens is 1. The van der Waals surface area contributed by atoms with E-state index in [0.717, 1.165) is 25.0 Å². The quantitative estimate of drug-likeness (QED) is 0.748. The number of rotatable bonds is 3. The molecule has 1 aromatic carbocycles. The summed E-state index contributed by atoms with van der Waals surface area (Å²) in [6.45, 7) is 5.38. The van der Waals surface area contributed by atoms with Crippen molar-refractivity contribution in [2.75, 3.05) is 0 Å². The number of amides is 2. The summed E-state index contributed by atoms with van der Waals surface area (Å²) in [5.41, 5.74) is -1.25. The number of pyridine rings is 1. The van der Waals surface area contributed by atoms with Gasteiger partial charge in [0, 0.05) is 22.9 Å². The number of alkyl halides is 3. The van der Waals surface area contributed by atoms with E-state index in [9.17, 15) is 22.8 Å². The molecule has 9 heteroatoms. The Morgan fingerprint density at radius 3 is 2.48 bits per heavy atom. The van der Waals surface area contributed by atoms with E-state index < -0.39 is 23.4 Å². The molecule has 1 aromatic heterocycles. The van der Waals surface area contributed by atoms with Gasteiger partial charge < -0.3 is 15.4 Å². The molecule has 166 valence electrons. The normalized spacial score (nSPS) is 25.1. The van der Waals surface area contributed by atoms with Crippen molar-refractivity contribution in [3.8, 4) is 0 Å². The Morgan fingerprint density at radius 1 is 1.16 bits per heavy atom. The molecule has 3 atom stereocenters. The zero-order chi connectivity index (χ0) is 22.6. The van der Waals surface area contributed by atoms with Crippen LogP contribution in [-0.2, 0) is 10.9 Å². The average Bonchev–Trinajstić information content (AvgIpc) is 2.63.